The highest BCUT2D eigenvalue weighted by molar-refractivity contribution is 5.93. The molecule has 2 heteroatoms. The molecule has 8 rings (SSSR count). The number of benzene rings is 5. The molecule has 1 aliphatic heterocycles. The largest absolute Gasteiger partial charge is 0.456 e. The standard InChI is InChI=1S/C46H39NO/c1-5-6-7-23-43(34-17-9-8-16-31(34)2)47(33-25-27-38-37-20-12-14-22-41(37)46(3,4)42(38)30-33)32-26-28-45-40(29-32)36-19-11-10-18-35(36)39-21-13-15-24-44(39)48-45/h5-31H,1-4H3/b6-5-,23-7-,43-34-. The summed E-state index contributed by atoms with van der Waals surface area (Å²) in [7, 11) is 0. The molecule has 5 aromatic carbocycles. The van der Waals surface area contributed by atoms with E-state index < -0.39 is 0 Å². The van der Waals surface area contributed by atoms with E-state index in [2.05, 4.69) is 184 Å². The van der Waals surface area contributed by atoms with Gasteiger partial charge in [-0.25, -0.2) is 0 Å². The lowest BCUT2D eigenvalue weighted by Gasteiger charge is -2.32. The van der Waals surface area contributed by atoms with Gasteiger partial charge in [-0.2, -0.15) is 0 Å². The maximum Gasteiger partial charge on any atom is 0.135 e. The molecule has 2 nitrogen and oxygen atoms in total. The Morgan fingerprint density at radius 2 is 1.29 bits per heavy atom. The molecule has 0 saturated heterocycles. The zero-order valence-electron chi connectivity index (χ0n) is 27.9. The molecule has 234 valence electrons. The minimum Gasteiger partial charge on any atom is -0.456 e. The van der Waals surface area contributed by atoms with Crippen LogP contribution in [0.1, 0.15) is 38.8 Å². The third kappa shape index (κ3) is 4.88. The molecule has 5 aromatic rings. The Bertz CT molecular complexity index is 2220. The van der Waals surface area contributed by atoms with E-state index in [1.54, 1.807) is 0 Å². The molecule has 2 aliphatic carbocycles. The third-order valence-electron chi connectivity index (χ3n) is 10.0. The quantitative estimate of drug-likeness (QED) is 0.178. The van der Waals surface area contributed by atoms with Crippen LogP contribution in [0.15, 0.2) is 169 Å². The van der Waals surface area contributed by atoms with Crippen LogP contribution >= 0.6 is 0 Å². The van der Waals surface area contributed by atoms with Gasteiger partial charge in [-0.05, 0) is 88.4 Å². The van der Waals surface area contributed by atoms with E-state index in [0.29, 0.717) is 0 Å². The zero-order valence-corrected chi connectivity index (χ0v) is 27.9. The van der Waals surface area contributed by atoms with E-state index in [0.717, 1.165) is 45.3 Å². The minimum atomic E-state index is -0.116. The van der Waals surface area contributed by atoms with E-state index in [-0.39, 0.29) is 11.3 Å². The zero-order chi connectivity index (χ0) is 32.8. The van der Waals surface area contributed by atoms with Crippen molar-refractivity contribution in [2.24, 2.45) is 5.92 Å². The number of fused-ring (bicyclic) bond motifs is 8. The van der Waals surface area contributed by atoms with Gasteiger partial charge in [-0.1, -0.05) is 136 Å². The van der Waals surface area contributed by atoms with Crippen molar-refractivity contribution in [3.63, 3.8) is 0 Å². The predicted octanol–water partition coefficient (Wildman–Crippen LogP) is 12.7. The molecule has 0 fully saturated rings. The molecular formula is C46H39NO. The monoisotopic (exact) mass is 621 g/mol. The van der Waals surface area contributed by atoms with E-state index in [9.17, 15) is 0 Å². The van der Waals surface area contributed by atoms with E-state index in [1.165, 1.54) is 33.4 Å². The summed E-state index contributed by atoms with van der Waals surface area (Å²) < 4.78 is 6.65. The van der Waals surface area contributed by atoms with Gasteiger partial charge in [0.05, 0.1) is 0 Å². The van der Waals surface area contributed by atoms with Crippen molar-refractivity contribution in [1.29, 1.82) is 0 Å². The highest BCUT2D eigenvalue weighted by atomic mass is 16.5. The number of hydrogen-bond donors (Lipinski definition) is 0. The summed E-state index contributed by atoms with van der Waals surface area (Å²) in [5.41, 5.74) is 14.4. The molecule has 0 N–H and O–H groups in total. The van der Waals surface area contributed by atoms with Crippen molar-refractivity contribution in [3.05, 3.63) is 180 Å². The summed E-state index contributed by atoms with van der Waals surface area (Å²) in [6, 6.07) is 39.5. The Morgan fingerprint density at radius 3 is 2.08 bits per heavy atom. The second-order valence-electron chi connectivity index (χ2n) is 13.3. The van der Waals surface area contributed by atoms with Gasteiger partial charge in [0.1, 0.15) is 11.5 Å². The van der Waals surface area contributed by atoms with Crippen LogP contribution in [-0.4, -0.2) is 0 Å². The van der Waals surface area contributed by atoms with Crippen LogP contribution in [0.3, 0.4) is 0 Å². The fraction of sp³-hybridized carbons (Fsp3) is 0.130. The van der Waals surface area contributed by atoms with Crippen molar-refractivity contribution in [3.8, 4) is 44.9 Å². The highest BCUT2D eigenvalue weighted by Crippen LogP contribution is 2.52. The van der Waals surface area contributed by atoms with Gasteiger partial charge in [0.15, 0.2) is 0 Å². The molecule has 0 saturated carbocycles. The van der Waals surface area contributed by atoms with Gasteiger partial charge < -0.3 is 9.64 Å². The first-order chi connectivity index (χ1) is 23.5. The second-order valence-corrected chi connectivity index (χ2v) is 13.3. The SMILES string of the molecule is C\C=C/C=C\C(=C1/C=CC=CC1C)N(c1ccc2c(c1)-c1ccccc1-c1ccccc1O2)c1ccc2c(c1)C(C)(C)c1ccccc1-2. The number of ether oxygens (including phenoxy) is 1. The van der Waals surface area contributed by atoms with Gasteiger partial charge in [0, 0.05) is 39.5 Å². The summed E-state index contributed by atoms with van der Waals surface area (Å²) in [5.74, 6) is 1.98. The Hall–Kier alpha value is -5.60. The number of hydrogen-bond acceptors (Lipinski definition) is 2. The molecule has 48 heavy (non-hydrogen) atoms. The fourth-order valence-electron chi connectivity index (χ4n) is 7.59. The van der Waals surface area contributed by atoms with Crippen molar-refractivity contribution >= 4 is 11.4 Å². The molecule has 0 amide bonds. The number of para-hydroxylation sites is 1. The summed E-state index contributed by atoms with van der Waals surface area (Å²) in [5, 5.41) is 0. The van der Waals surface area contributed by atoms with Crippen LogP contribution in [-0.2, 0) is 5.41 Å². The first-order valence-corrected chi connectivity index (χ1v) is 16.9. The number of allylic oxidation sites excluding steroid dienone is 9. The fourth-order valence-corrected chi connectivity index (χ4v) is 7.59. The van der Waals surface area contributed by atoms with E-state index in [1.807, 2.05) is 6.07 Å². The van der Waals surface area contributed by atoms with Crippen LogP contribution in [0.5, 0.6) is 11.5 Å². The molecule has 1 unspecified atom stereocenters. The Balaban J connectivity index is 1.38. The van der Waals surface area contributed by atoms with Crippen molar-refractivity contribution < 1.29 is 4.74 Å². The summed E-state index contributed by atoms with van der Waals surface area (Å²) in [4.78, 5) is 2.44. The third-order valence-corrected chi connectivity index (χ3v) is 10.0. The summed E-state index contributed by atoms with van der Waals surface area (Å²) in [6.07, 6.45) is 17.4. The molecule has 0 radical (unpaired) electrons. The Kier molecular flexibility index (Phi) is 7.37. The van der Waals surface area contributed by atoms with Crippen LogP contribution < -0.4 is 9.64 Å². The lowest BCUT2D eigenvalue weighted by Crippen LogP contribution is -2.21. The molecule has 0 bridgehead atoms. The predicted molar refractivity (Wildman–Crippen MR) is 202 cm³/mol. The minimum absolute atomic E-state index is 0.116. The van der Waals surface area contributed by atoms with Crippen molar-refractivity contribution in [2.45, 2.75) is 33.1 Å². The maximum absolute atomic E-state index is 6.65. The van der Waals surface area contributed by atoms with Gasteiger partial charge in [0.2, 0.25) is 0 Å². The molecule has 0 spiro atoms. The molecule has 3 aliphatic rings. The average molecular weight is 622 g/mol. The van der Waals surface area contributed by atoms with Crippen LogP contribution in [0.4, 0.5) is 11.4 Å². The first kappa shape index (κ1) is 29.8. The molecular weight excluding hydrogens is 583 g/mol. The summed E-state index contributed by atoms with van der Waals surface area (Å²) >= 11 is 0. The van der Waals surface area contributed by atoms with Gasteiger partial charge in [-0.3, -0.25) is 0 Å². The molecule has 0 aromatic heterocycles. The summed E-state index contributed by atoms with van der Waals surface area (Å²) in [6.45, 7) is 9.03. The van der Waals surface area contributed by atoms with Gasteiger partial charge in [0.25, 0.3) is 0 Å². The number of nitrogens with zero attached hydrogens (tertiary/aromatic N) is 1. The smallest absolute Gasteiger partial charge is 0.135 e. The second kappa shape index (κ2) is 11.9. The first-order valence-electron chi connectivity index (χ1n) is 16.9. The lowest BCUT2D eigenvalue weighted by molar-refractivity contribution is 0.488. The molecule has 1 heterocycles. The number of rotatable bonds is 5. The van der Waals surface area contributed by atoms with Crippen molar-refractivity contribution in [2.75, 3.05) is 4.90 Å². The average Bonchev–Trinajstić information content (AvgIpc) is 3.24. The normalized spacial score (nSPS) is 17.6. The van der Waals surface area contributed by atoms with Crippen molar-refractivity contribution in [1.82, 2.24) is 0 Å². The van der Waals surface area contributed by atoms with Gasteiger partial charge in [-0.15, -0.1) is 0 Å². The number of anilines is 2. The van der Waals surface area contributed by atoms with Crippen LogP contribution in [0, 0.1) is 5.92 Å². The van der Waals surface area contributed by atoms with E-state index >= 15 is 0 Å². The van der Waals surface area contributed by atoms with Crippen LogP contribution in [0.25, 0.3) is 33.4 Å². The van der Waals surface area contributed by atoms with Gasteiger partial charge >= 0.3 is 0 Å². The Morgan fingerprint density at radius 1 is 0.646 bits per heavy atom. The molecule has 1 atom stereocenters. The Labute approximate surface area is 284 Å². The lowest BCUT2D eigenvalue weighted by atomic mass is 9.82. The van der Waals surface area contributed by atoms with Crippen LogP contribution in [0.2, 0.25) is 0 Å². The maximum atomic E-state index is 6.65. The topological polar surface area (TPSA) is 12.5 Å². The highest BCUT2D eigenvalue weighted by Gasteiger charge is 2.36. The van der Waals surface area contributed by atoms with E-state index in [4.69, 9.17) is 4.74 Å².